The van der Waals surface area contributed by atoms with E-state index in [0.29, 0.717) is 22.0 Å². The van der Waals surface area contributed by atoms with Crippen molar-refractivity contribution in [1.82, 2.24) is 14.5 Å². The van der Waals surface area contributed by atoms with Crippen molar-refractivity contribution in [2.75, 3.05) is 18.6 Å². The number of thioether (sulfide) groups is 1. The van der Waals surface area contributed by atoms with Crippen LogP contribution < -0.4 is 5.73 Å². The van der Waals surface area contributed by atoms with E-state index in [1.807, 2.05) is 6.26 Å². The Morgan fingerprint density at radius 3 is 2.39 bits per heavy atom. The van der Waals surface area contributed by atoms with E-state index in [2.05, 4.69) is 9.97 Å². The molecule has 31 heavy (non-hydrogen) atoms. The van der Waals surface area contributed by atoms with Crippen LogP contribution in [0, 0.1) is 0 Å². The Morgan fingerprint density at radius 2 is 1.81 bits per heavy atom. The van der Waals surface area contributed by atoms with Crippen molar-refractivity contribution in [3.8, 4) is 0 Å². The number of nitrogen functional groups attached to an aromatic ring is 1. The first-order valence-corrected chi connectivity index (χ1v) is 10.6. The summed E-state index contributed by atoms with van der Waals surface area (Å²) < 4.78 is 23.2. The molecule has 0 spiro atoms. The van der Waals surface area contributed by atoms with Gasteiger partial charge in [0.1, 0.15) is 37.0 Å². The van der Waals surface area contributed by atoms with E-state index in [0.717, 1.165) is 0 Å². The fraction of sp³-hybridized carbons (Fsp3) is 0.526. The average molecular weight is 455 g/mol. The van der Waals surface area contributed by atoms with E-state index in [1.165, 1.54) is 32.5 Å². The van der Waals surface area contributed by atoms with Crippen LogP contribution in [0.5, 0.6) is 0 Å². The number of hydrogen-bond acceptors (Lipinski definition) is 11. The van der Waals surface area contributed by atoms with E-state index >= 15 is 0 Å². The first-order chi connectivity index (χ1) is 14.6. The van der Waals surface area contributed by atoms with E-state index < -0.39 is 36.2 Å². The molecule has 0 bridgehead atoms. The van der Waals surface area contributed by atoms with Gasteiger partial charge in [-0.1, -0.05) is 11.8 Å². The molecule has 0 saturated carbocycles. The molecule has 0 fully saturated rings. The molecule has 2 aromatic rings. The maximum atomic E-state index is 11.6. The summed E-state index contributed by atoms with van der Waals surface area (Å²) in [5, 5.41) is 1.16. The number of hydrogen-bond donors (Lipinski definition) is 1. The van der Waals surface area contributed by atoms with Gasteiger partial charge in [-0.2, -0.15) is 0 Å². The molecule has 0 aliphatic heterocycles. The second-order valence-electron chi connectivity index (χ2n) is 6.64. The van der Waals surface area contributed by atoms with Crippen LogP contribution in [-0.2, 0) is 40.1 Å². The minimum atomic E-state index is -1.01. The third-order valence-electron chi connectivity index (χ3n) is 4.17. The molecule has 0 amide bonds. The number of ether oxygens (including phenoxy) is 4. The first kappa shape index (κ1) is 24.4. The summed E-state index contributed by atoms with van der Waals surface area (Å²) in [6, 6.07) is 1.75. The second kappa shape index (κ2) is 11.0. The van der Waals surface area contributed by atoms with Crippen LogP contribution >= 0.6 is 11.8 Å². The summed E-state index contributed by atoms with van der Waals surface area (Å²) in [6.07, 6.45) is 0.783. The molecule has 11 nitrogen and oxygen atoms in total. The Balaban J connectivity index is 2.29. The lowest BCUT2D eigenvalue weighted by molar-refractivity contribution is -0.186. The average Bonchev–Trinajstić information content (AvgIpc) is 3.09. The number of carbonyl (C=O) groups is 3. The van der Waals surface area contributed by atoms with Gasteiger partial charge in [0.15, 0.2) is 11.3 Å². The van der Waals surface area contributed by atoms with E-state index in [1.54, 1.807) is 23.8 Å². The molecule has 170 valence electrons. The number of nitrogens with two attached hydrogens (primary N) is 1. The largest absolute Gasteiger partial charge is 0.463 e. The third kappa shape index (κ3) is 6.82. The number of aromatic nitrogens is 3. The fourth-order valence-corrected chi connectivity index (χ4v) is 3.24. The van der Waals surface area contributed by atoms with E-state index in [9.17, 15) is 14.4 Å². The molecule has 0 saturated heterocycles. The van der Waals surface area contributed by atoms with Gasteiger partial charge in [0, 0.05) is 27.0 Å². The van der Waals surface area contributed by atoms with Gasteiger partial charge in [0.05, 0.1) is 5.39 Å². The maximum absolute atomic E-state index is 11.6. The molecule has 2 N–H and O–H groups in total. The van der Waals surface area contributed by atoms with Crippen molar-refractivity contribution >= 4 is 46.5 Å². The molecule has 2 rings (SSSR count). The van der Waals surface area contributed by atoms with Crippen LogP contribution in [0.15, 0.2) is 17.4 Å². The van der Waals surface area contributed by atoms with Gasteiger partial charge in [-0.05, 0) is 19.2 Å². The summed E-state index contributed by atoms with van der Waals surface area (Å²) in [6.45, 7) is 5.02. The zero-order chi connectivity index (χ0) is 23.1. The minimum Gasteiger partial charge on any atom is -0.463 e. The molecule has 0 radical (unpaired) electrons. The van der Waals surface area contributed by atoms with Crippen LogP contribution in [0.3, 0.4) is 0 Å². The molecule has 0 aliphatic rings. The van der Waals surface area contributed by atoms with Crippen molar-refractivity contribution in [2.45, 2.75) is 57.9 Å². The van der Waals surface area contributed by atoms with Crippen LogP contribution in [0.4, 0.5) is 5.82 Å². The van der Waals surface area contributed by atoms with Crippen molar-refractivity contribution in [1.29, 1.82) is 0 Å². The third-order valence-corrected chi connectivity index (χ3v) is 4.72. The first-order valence-electron chi connectivity index (χ1n) is 9.38. The molecule has 0 aromatic carbocycles. The fourth-order valence-electron chi connectivity index (χ4n) is 2.87. The Morgan fingerprint density at radius 1 is 1.13 bits per heavy atom. The van der Waals surface area contributed by atoms with E-state index in [-0.39, 0.29) is 13.3 Å². The standard InChI is InChI=1S/C19H26N4O7S/c1-10(29-12(3)25)16(30-13(4)26)15(8-27-11(2)24)28-9-23-7-6-14-17(20)21-19(31-5)22-18(14)23/h6-7,10,15-16H,8-9H2,1-5H3,(H2,20,21,22)/t10-,15+,16-/m0/s1. The van der Waals surface area contributed by atoms with Crippen LogP contribution in [0.1, 0.15) is 27.7 Å². The monoisotopic (exact) mass is 454 g/mol. The SMILES string of the molecule is CSc1nc(N)c2ccn(CO[C@H](COC(C)=O)[C@@H](OC(C)=O)[C@H](C)OC(C)=O)c2n1. The van der Waals surface area contributed by atoms with Crippen LogP contribution in [0.2, 0.25) is 0 Å². The van der Waals surface area contributed by atoms with Gasteiger partial charge in [-0.25, -0.2) is 9.97 Å². The number of fused-ring (bicyclic) bond motifs is 1. The number of carbonyl (C=O) groups excluding carboxylic acids is 3. The Hall–Kier alpha value is -2.86. The molecule has 0 aliphatic carbocycles. The highest BCUT2D eigenvalue weighted by Gasteiger charge is 2.34. The zero-order valence-corrected chi connectivity index (χ0v) is 18.8. The Kier molecular flexibility index (Phi) is 8.63. The zero-order valence-electron chi connectivity index (χ0n) is 18.0. The summed E-state index contributed by atoms with van der Waals surface area (Å²) >= 11 is 1.35. The summed E-state index contributed by atoms with van der Waals surface area (Å²) in [4.78, 5) is 43.0. The van der Waals surface area contributed by atoms with Crippen LogP contribution in [0.25, 0.3) is 11.0 Å². The van der Waals surface area contributed by atoms with E-state index in [4.69, 9.17) is 24.7 Å². The van der Waals surface area contributed by atoms with Crippen molar-refractivity contribution in [3.63, 3.8) is 0 Å². The van der Waals surface area contributed by atoms with Crippen molar-refractivity contribution in [2.24, 2.45) is 0 Å². The second-order valence-corrected chi connectivity index (χ2v) is 7.42. The molecular weight excluding hydrogens is 428 g/mol. The highest BCUT2D eigenvalue weighted by Crippen LogP contribution is 2.23. The maximum Gasteiger partial charge on any atom is 0.303 e. The molecule has 12 heteroatoms. The molecule has 0 unspecified atom stereocenters. The normalized spacial score (nSPS) is 14.0. The minimum absolute atomic E-state index is 0.0235. The van der Waals surface area contributed by atoms with Gasteiger partial charge in [0.2, 0.25) is 0 Å². The smallest absolute Gasteiger partial charge is 0.303 e. The lowest BCUT2D eigenvalue weighted by Gasteiger charge is -2.30. The number of nitrogens with zero attached hydrogens (tertiary/aromatic N) is 3. The predicted molar refractivity (Wildman–Crippen MR) is 112 cm³/mol. The highest BCUT2D eigenvalue weighted by molar-refractivity contribution is 7.98. The quantitative estimate of drug-likeness (QED) is 0.241. The highest BCUT2D eigenvalue weighted by atomic mass is 32.2. The lowest BCUT2D eigenvalue weighted by Crippen LogP contribution is -2.45. The Bertz CT molecular complexity index is 949. The molecule has 2 heterocycles. The van der Waals surface area contributed by atoms with Crippen molar-refractivity contribution in [3.05, 3.63) is 12.3 Å². The van der Waals surface area contributed by atoms with Crippen LogP contribution in [-0.4, -0.2) is 63.6 Å². The lowest BCUT2D eigenvalue weighted by atomic mass is 10.1. The topological polar surface area (TPSA) is 145 Å². The summed E-state index contributed by atoms with van der Waals surface area (Å²) in [5.41, 5.74) is 6.55. The van der Waals surface area contributed by atoms with Gasteiger partial charge in [0.25, 0.3) is 0 Å². The van der Waals surface area contributed by atoms with Gasteiger partial charge >= 0.3 is 17.9 Å². The van der Waals surface area contributed by atoms with Gasteiger partial charge < -0.3 is 29.2 Å². The van der Waals surface area contributed by atoms with Crippen molar-refractivity contribution < 1.29 is 33.3 Å². The Labute approximate surface area is 183 Å². The number of anilines is 1. The number of esters is 3. The summed E-state index contributed by atoms with van der Waals surface area (Å²) in [7, 11) is 0. The molecular formula is C19H26N4O7S. The van der Waals surface area contributed by atoms with Gasteiger partial charge in [-0.3, -0.25) is 14.4 Å². The van der Waals surface area contributed by atoms with Gasteiger partial charge in [-0.15, -0.1) is 0 Å². The molecule has 2 aromatic heterocycles. The number of rotatable bonds is 10. The molecule has 3 atom stereocenters. The summed E-state index contributed by atoms with van der Waals surface area (Å²) in [5.74, 6) is -1.35. The predicted octanol–water partition coefficient (Wildman–Crippen LogP) is 1.52.